The maximum Gasteiger partial charge on any atom is 0.0474 e. The Balaban J connectivity index is 2.74. The first-order valence-corrected chi connectivity index (χ1v) is 7.87. The monoisotopic (exact) mass is 270 g/mol. The highest BCUT2D eigenvalue weighted by molar-refractivity contribution is 5.00. The molecule has 0 aromatic carbocycles. The Labute approximate surface area is 120 Å². The van der Waals surface area contributed by atoms with Crippen molar-refractivity contribution in [1.29, 1.82) is 0 Å². The van der Waals surface area contributed by atoms with Crippen molar-refractivity contribution >= 4 is 0 Å². The average Bonchev–Trinajstić information content (AvgIpc) is 2.38. The van der Waals surface area contributed by atoms with E-state index in [1.54, 1.807) is 7.11 Å². The lowest BCUT2D eigenvalue weighted by molar-refractivity contribution is 0.00291. The number of rotatable bonds is 6. The Morgan fingerprint density at radius 1 is 1.26 bits per heavy atom. The van der Waals surface area contributed by atoms with E-state index in [-0.39, 0.29) is 0 Å². The highest BCUT2D eigenvalue weighted by Crippen LogP contribution is 2.31. The maximum atomic E-state index is 5.22. The van der Waals surface area contributed by atoms with Crippen LogP contribution in [0.4, 0.5) is 0 Å². The van der Waals surface area contributed by atoms with Crippen LogP contribution in [0.3, 0.4) is 0 Å². The zero-order valence-corrected chi connectivity index (χ0v) is 13.9. The van der Waals surface area contributed by atoms with Crippen LogP contribution in [-0.4, -0.2) is 49.8 Å². The molecule has 1 aliphatic rings. The third-order valence-corrected chi connectivity index (χ3v) is 4.89. The van der Waals surface area contributed by atoms with Gasteiger partial charge in [-0.3, -0.25) is 4.90 Å². The fourth-order valence-electron chi connectivity index (χ4n) is 3.16. The predicted molar refractivity (Wildman–Crippen MR) is 82.6 cm³/mol. The number of nitrogens with zero attached hydrogens (tertiary/aromatic N) is 1. The van der Waals surface area contributed by atoms with Crippen LogP contribution in [-0.2, 0) is 4.74 Å². The molecule has 0 aromatic heterocycles. The first-order chi connectivity index (χ1) is 8.89. The zero-order valence-electron chi connectivity index (χ0n) is 13.9. The molecule has 1 rings (SSSR count). The van der Waals surface area contributed by atoms with E-state index in [4.69, 9.17) is 4.74 Å². The van der Waals surface area contributed by atoms with Gasteiger partial charge in [-0.15, -0.1) is 0 Å². The van der Waals surface area contributed by atoms with Gasteiger partial charge in [-0.2, -0.15) is 0 Å². The summed E-state index contributed by atoms with van der Waals surface area (Å²) >= 11 is 0. The average molecular weight is 270 g/mol. The number of methoxy groups -OCH3 is 1. The topological polar surface area (TPSA) is 24.5 Å². The Kier molecular flexibility index (Phi) is 6.28. The number of ether oxygens (including phenoxy) is 1. The summed E-state index contributed by atoms with van der Waals surface area (Å²) in [6.07, 6.45) is 3.58. The second-order valence-corrected chi connectivity index (χ2v) is 7.02. The third kappa shape index (κ3) is 4.17. The lowest BCUT2D eigenvalue weighted by Crippen LogP contribution is -2.66. The first-order valence-electron chi connectivity index (χ1n) is 7.87. The molecule has 114 valence electrons. The number of nitrogens with one attached hydrogen (secondary N) is 1. The van der Waals surface area contributed by atoms with E-state index in [1.165, 1.54) is 12.8 Å². The van der Waals surface area contributed by atoms with Gasteiger partial charge in [0.1, 0.15) is 0 Å². The molecule has 1 fully saturated rings. The molecule has 0 spiro atoms. The highest BCUT2D eigenvalue weighted by atomic mass is 16.5. The fourth-order valence-corrected chi connectivity index (χ4v) is 3.16. The summed E-state index contributed by atoms with van der Waals surface area (Å²) in [5.41, 5.74) is 0.669. The molecule has 0 bridgehead atoms. The fraction of sp³-hybridized carbons (Fsp3) is 1.00. The van der Waals surface area contributed by atoms with E-state index in [0.29, 0.717) is 17.0 Å². The molecular formula is C16H34N2O. The summed E-state index contributed by atoms with van der Waals surface area (Å²) in [4.78, 5) is 2.72. The smallest absolute Gasteiger partial charge is 0.0474 e. The van der Waals surface area contributed by atoms with Gasteiger partial charge in [0.2, 0.25) is 0 Å². The van der Waals surface area contributed by atoms with Gasteiger partial charge < -0.3 is 10.1 Å². The number of hydrogen-bond donors (Lipinski definition) is 1. The van der Waals surface area contributed by atoms with Crippen LogP contribution in [0.5, 0.6) is 0 Å². The van der Waals surface area contributed by atoms with Gasteiger partial charge in [0.05, 0.1) is 0 Å². The highest BCUT2D eigenvalue weighted by Gasteiger charge is 2.41. The van der Waals surface area contributed by atoms with Crippen molar-refractivity contribution in [2.75, 3.05) is 33.4 Å². The van der Waals surface area contributed by atoms with Crippen molar-refractivity contribution in [1.82, 2.24) is 10.2 Å². The van der Waals surface area contributed by atoms with Crippen LogP contribution in [0, 0.1) is 5.41 Å². The quantitative estimate of drug-likeness (QED) is 0.751. The van der Waals surface area contributed by atoms with Crippen LogP contribution in [0.25, 0.3) is 0 Å². The van der Waals surface area contributed by atoms with Gasteiger partial charge in [0.25, 0.3) is 0 Å². The third-order valence-electron chi connectivity index (χ3n) is 4.89. The van der Waals surface area contributed by atoms with Crippen molar-refractivity contribution in [3.63, 3.8) is 0 Å². The van der Waals surface area contributed by atoms with Crippen molar-refractivity contribution in [3.8, 4) is 0 Å². The largest absolute Gasteiger partial charge is 0.385 e. The molecule has 19 heavy (non-hydrogen) atoms. The maximum absolute atomic E-state index is 5.22. The summed E-state index contributed by atoms with van der Waals surface area (Å²) < 4.78 is 5.22. The van der Waals surface area contributed by atoms with Crippen molar-refractivity contribution in [2.45, 2.75) is 65.5 Å². The van der Waals surface area contributed by atoms with Gasteiger partial charge in [-0.1, -0.05) is 34.6 Å². The Morgan fingerprint density at radius 2 is 1.89 bits per heavy atom. The predicted octanol–water partition coefficient (Wildman–Crippen LogP) is 2.90. The molecule has 0 aliphatic carbocycles. The van der Waals surface area contributed by atoms with E-state index >= 15 is 0 Å². The standard InChI is InChI=1S/C16H34N2O/c1-7-16(8-2)13-17-14(15(3,4)5)12-18(16)10-9-11-19-6/h14,17H,7-13H2,1-6H3. The van der Waals surface area contributed by atoms with E-state index in [2.05, 4.69) is 44.8 Å². The minimum absolute atomic E-state index is 0.327. The van der Waals surface area contributed by atoms with Gasteiger partial charge in [0.15, 0.2) is 0 Å². The molecule has 1 saturated heterocycles. The Bertz CT molecular complexity index is 256. The van der Waals surface area contributed by atoms with E-state index in [0.717, 1.165) is 32.7 Å². The molecule has 0 amide bonds. The molecule has 1 heterocycles. The second kappa shape index (κ2) is 7.05. The van der Waals surface area contributed by atoms with Crippen LogP contribution in [0.2, 0.25) is 0 Å². The minimum atomic E-state index is 0.327. The SMILES string of the molecule is CCC1(CC)CNC(C(C)(C)C)CN1CCCOC. The lowest BCUT2D eigenvalue weighted by atomic mass is 9.80. The summed E-state index contributed by atoms with van der Waals surface area (Å²) in [7, 11) is 1.79. The molecule has 0 aromatic rings. The normalized spacial score (nSPS) is 24.6. The van der Waals surface area contributed by atoms with Gasteiger partial charge >= 0.3 is 0 Å². The molecule has 1 aliphatic heterocycles. The van der Waals surface area contributed by atoms with E-state index in [9.17, 15) is 0 Å². The van der Waals surface area contributed by atoms with E-state index in [1.807, 2.05) is 0 Å². The van der Waals surface area contributed by atoms with Crippen LogP contribution in [0.15, 0.2) is 0 Å². The van der Waals surface area contributed by atoms with Crippen LogP contribution in [0.1, 0.15) is 53.9 Å². The molecule has 1 atom stereocenters. The van der Waals surface area contributed by atoms with E-state index < -0.39 is 0 Å². The second-order valence-electron chi connectivity index (χ2n) is 7.02. The summed E-state index contributed by atoms with van der Waals surface area (Å²) in [5.74, 6) is 0. The van der Waals surface area contributed by atoms with Gasteiger partial charge in [0, 0.05) is 44.9 Å². The number of piperazine rings is 1. The zero-order chi connectivity index (χ0) is 14.5. The molecule has 1 N–H and O–H groups in total. The van der Waals surface area contributed by atoms with Crippen LogP contribution < -0.4 is 5.32 Å². The van der Waals surface area contributed by atoms with Crippen LogP contribution >= 0.6 is 0 Å². The van der Waals surface area contributed by atoms with Gasteiger partial charge in [-0.25, -0.2) is 0 Å². The van der Waals surface area contributed by atoms with Gasteiger partial charge in [-0.05, 0) is 24.7 Å². The lowest BCUT2D eigenvalue weighted by Gasteiger charge is -2.52. The molecule has 0 saturated carbocycles. The van der Waals surface area contributed by atoms with Crippen molar-refractivity contribution in [3.05, 3.63) is 0 Å². The molecular weight excluding hydrogens is 236 g/mol. The van der Waals surface area contributed by atoms with Crippen molar-refractivity contribution < 1.29 is 4.74 Å². The number of hydrogen-bond acceptors (Lipinski definition) is 3. The summed E-state index contributed by atoms with van der Waals surface area (Å²) in [6.45, 7) is 16.0. The summed E-state index contributed by atoms with van der Waals surface area (Å²) in [5, 5.41) is 3.80. The minimum Gasteiger partial charge on any atom is -0.385 e. The molecule has 0 radical (unpaired) electrons. The first kappa shape index (κ1) is 16.9. The molecule has 1 unspecified atom stereocenters. The van der Waals surface area contributed by atoms with Crippen molar-refractivity contribution in [2.24, 2.45) is 5.41 Å². The Morgan fingerprint density at radius 3 is 2.37 bits per heavy atom. The molecule has 3 heteroatoms. The Hall–Kier alpha value is -0.120. The molecule has 3 nitrogen and oxygen atoms in total. The summed E-state index contributed by atoms with van der Waals surface area (Å²) in [6, 6.07) is 0.585.